The van der Waals surface area contributed by atoms with Crippen LogP contribution in [0.5, 0.6) is 0 Å². The van der Waals surface area contributed by atoms with E-state index in [-0.39, 0.29) is 12.5 Å². The molecule has 34 heavy (non-hydrogen) atoms. The number of hydrazone groups is 1. The summed E-state index contributed by atoms with van der Waals surface area (Å²) in [5, 5.41) is 16.6. The molecule has 1 aromatic carbocycles. The molecular formula is C22H26ClN7O2S2. The van der Waals surface area contributed by atoms with Crippen molar-refractivity contribution in [2.45, 2.75) is 12.8 Å². The molecule has 4 rings (SSSR count). The lowest BCUT2D eigenvalue weighted by Gasteiger charge is -2.22. The molecule has 1 N–H and O–H groups in total. The number of hydrogen-bond acceptors (Lipinski definition) is 7. The van der Waals surface area contributed by atoms with Crippen LogP contribution in [0, 0.1) is 5.41 Å². The number of nitrogens with one attached hydrogen (secondary N) is 1. The van der Waals surface area contributed by atoms with Gasteiger partial charge < -0.3 is 0 Å². The molecule has 1 unspecified atom stereocenters. The molecule has 0 saturated carbocycles. The lowest BCUT2D eigenvalue weighted by molar-refractivity contribution is 0.388. The summed E-state index contributed by atoms with van der Waals surface area (Å²) in [5.41, 5.74) is 2.46. The van der Waals surface area contributed by atoms with Crippen molar-refractivity contribution in [1.29, 1.82) is 5.41 Å². The van der Waals surface area contributed by atoms with Gasteiger partial charge in [0.25, 0.3) is 0 Å². The number of rotatable bonds is 5. The standard InChI is InChI=1S/C17H19ClN4O2S.C5H7N3S/c1-3-21(2)25(23,24)22-12-16(14-5-4-10-19-11-14)17(20-22)13-6-8-15(18)9-7-13;1-9-5(6)8-4-2-3-7-8/h4-11,16H,3,12H2,1-2H3;2-4,6H,1H3. The number of pyridine rings is 1. The molecular weight excluding hydrogens is 494 g/mol. The zero-order chi connectivity index (χ0) is 24.7. The van der Waals surface area contributed by atoms with E-state index >= 15 is 0 Å². The van der Waals surface area contributed by atoms with E-state index in [0.29, 0.717) is 22.4 Å². The van der Waals surface area contributed by atoms with Gasteiger partial charge in [-0.05, 0) is 41.6 Å². The molecule has 3 aromatic rings. The van der Waals surface area contributed by atoms with Gasteiger partial charge in [-0.15, -0.1) is 0 Å². The highest BCUT2D eigenvalue weighted by Crippen LogP contribution is 2.31. The predicted molar refractivity (Wildman–Crippen MR) is 138 cm³/mol. The number of halogens is 1. The smallest absolute Gasteiger partial charge is 0.277 e. The first-order valence-electron chi connectivity index (χ1n) is 10.4. The number of benzene rings is 1. The van der Waals surface area contributed by atoms with Crippen molar-refractivity contribution in [3.63, 3.8) is 0 Å². The van der Waals surface area contributed by atoms with Gasteiger partial charge in [0.15, 0.2) is 5.17 Å². The summed E-state index contributed by atoms with van der Waals surface area (Å²) in [4.78, 5) is 4.16. The van der Waals surface area contributed by atoms with Crippen molar-refractivity contribution >= 4 is 44.5 Å². The van der Waals surface area contributed by atoms with Gasteiger partial charge in [-0.25, -0.2) is 4.68 Å². The third-order valence-corrected chi connectivity index (χ3v) is 7.76. The summed E-state index contributed by atoms with van der Waals surface area (Å²) in [6.07, 6.45) is 8.69. The Morgan fingerprint density at radius 1 is 1.24 bits per heavy atom. The van der Waals surface area contributed by atoms with Gasteiger partial charge >= 0.3 is 10.2 Å². The second-order valence-electron chi connectivity index (χ2n) is 7.22. The molecule has 2 aromatic heterocycles. The summed E-state index contributed by atoms with van der Waals surface area (Å²) >= 11 is 7.34. The first-order chi connectivity index (χ1) is 16.3. The maximum atomic E-state index is 12.7. The molecule has 0 amide bonds. The molecule has 3 heterocycles. The van der Waals surface area contributed by atoms with Crippen LogP contribution in [0.3, 0.4) is 0 Å². The molecule has 0 fully saturated rings. The van der Waals surface area contributed by atoms with Crippen molar-refractivity contribution < 1.29 is 8.42 Å². The third-order valence-electron chi connectivity index (χ3n) is 5.13. The number of nitrogens with zero attached hydrogens (tertiary/aromatic N) is 6. The van der Waals surface area contributed by atoms with E-state index < -0.39 is 10.2 Å². The van der Waals surface area contributed by atoms with Gasteiger partial charge in [0.05, 0.1) is 18.2 Å². The van der Waals surface area contributed by atoms with E-state index in [1.54, 1.807) is 57.0 Å². The molecule has 1 aliphatic heterocycles. The molecule has 0 bridgehead atoms. The summed E-state index contributed by atoms with van der Waals surface area (Å²) in [6, 6.07) is 12.8. The summed E-state index contributed by atoms with van der Waals surface area (Å²) < 4.78 is 29.3. The van der Waals surface area contributed by atoms with Gasteiger partial charge in [-0.3, -0.25) is 10.4 Å². The van der Waals surface area contributed by atoms with E-state index in [0.717, 1.165) is 15.5 Å². The van der Waals surface area contributed by atoms with Crippen LogP contribution < -0.4 is 0 Å². The quantitative estimate of drug-likeness (QED) is 0.408. The molecule has 0 radical (unpaired) electrons. The molecule has 0 spiro atoms. The lowest BCUT2D eigenvalue weighted by atomic mass is 9.92. The van der Waals surface area contributed by atoms with Crippen molar-refractivity contribution in [2.24, 2.45) is 5.10 Å². The lowest BCUT2D eigenvalue weighted by Crippen LogP contribution is -2.38. The van der Waals surface area contributed by atoms with E-state index in [1.165, 1.54) is 20.7 Å². The highest BCUT2D eigenvalue weighted by Gasteiger charge is 2.36. The average molecular weight is 520 g/mol. The minimum atomic E-state index is -3.65. The minimum Gasteiger partial charge on any atom is -0.277 e. The molecule has 1 aliphatic rings. The summed E-state index contributed by atoms with van der Waals surface area (Å²) in [5.74, 6) is -0.185. The Morgan fingerprint density at radius 3 is 2.53 bits per heavy atom. The first kappa shape index (κ1) is 25.9. The van der Waals surface area contributed by atoms with Crippen LogP contribution in [0.25, 0.3) is 0 Å². The van der Waals surface area contributed by atoms with Crippen LogP contribution in [-0.4, -0.2) is 69.2 Å². The Morgan fingerprint density at radius 2 is 1.97 bits per heavy atom. The van der Waals surface area contributed by atoms with Crippen LogP contribution >= 0.6 is 23.4 Å². The van der Waals surface area contributed by atoms with Crippen LogP contribution in [0.1, 0.15) is 24.0 Å². The fourth-order valence-electron chi connectivity index (χ4n) is 3.15. The van der Waals surface area contributed by atoms with Crippen LogP contribution in [-0.2, 0) is 10.2 Å². The molecule has 9 nitrogen and oxygen atoms in total. The van der Waals surface area contributed by atoms with Crippen molar-refractivity contribution in [3.8, 4) is 0 Å². The summed E-state index contributed by atoms with van der Waals surface area (Å²) in [7, 11) is -2.10. The highest BCUT2D eigenvalue weighted by molar-refractivity contribution is 8.13. The average Bonchev–Trinajstić information content (AvgIpc) is 3.55. The van der Waals surface area contributed by atoms with Gasteiger partial charge in [-0.1, -0.05) is 48.5 Å². The maximum absolute atomic E-state index is 12.7. The van der Waals surface area contributed by atoms with Crippen LogP contribution in [0.4, 0.5) is 0 Å². The minimum absolute atomic E-state index is 0.185. The molecule has 180 valence electrons. The van der Waals surface area contributed by atoms with Crippen molar-refractivity contribution in [3.05, 3.63) is 83.4 Å². The molecule has 0 saturated heterocycles. The molecule has 0 aliphatic carbocycles. The van der Waals surface area contributed by atoms with Gasteiger partial charge in [0, 0.05) is 43.4 Å². The Kier molecular flexibility index (Phi) is 8.84. The van der Waals surface area contributed by atoms with E-state index in [2.05, 4.69) is 15.2 Å². The maximum Gasteiger partial charge on any atom is 0.318 e. The Balaban J connectivity index is 0.000000302. The van der Waals surface area contributed by atoms with Gasteiger partial charge in [0.2, 0.25) is 0 Å². The van der Waals surface area contributed by atoms with E-state index in [9.17, 15) is 8.42 Å². The fourth-order valence-corrected chi connectivity index (χ4v) is 4.75. The SMILES string of the molecule is CCN(C)S(=O)(=O)N1CC(c2cccnc2)C(c2ccc(Cl)cc2)=N1.CSC(=N)n1cccn1. The van der Waals surface area contributed by atoms with Gasteiger partial charge in [-0.2, -0.15) is 27.3 Å². The Labute approximate surface area is 209 Å². The zero-order valence-corrected chi connectivity index (χ0v) is 21.4. The first-order valence-corrected chi connectivity index (χ1v) is 13.4. The third kappa shape index (κ3) is 6.03. The number of thioether (sulfide) groups is 1. The van der Waals surface area contributed by atoms with Crippen molar-refractivity contribution in [1.82, 2.24) is 23.5 Å². The van der Waals surface area contributed by atoms with Crippen molar-refractivity contribution in [2.75, 3.05) is 26.4 Å². The highest BCUT2D eigenvalue weighted by atomic mass is 35.5. The second kappa shape index (κ2) is 11.6. The topological polar surface area (TPSA) is 108 Å². The van der Waals surface area contributed by atoms with Crippen LogP contribution in [0.15, 0.2) is 72.4 Å². The largest absolute Gasteiger partial charge is 0.318 e. The van der Waals surface area contributed by atoms with Gasteiger partial charge in [0.1, 0.15) is 0 Å². The Bertz CT molecular complexity index is 1220. The van der Waals surface area contributed by atoms with E-state index in [4.69, 9.17) is 17.0 Å². The Hall–Kier alpha value is -2.73. The molecule has 12 heteroatoms. The monoisotopic (exact) mass is 519 g/mol. The number of hydrogen-bond donors (Lipinski definition) is 1. The van der Waals surface area contributed by atoms with Crippen LogP contribution in [0.2, 0.25) is 5.02 Å². The fraction of sp³-hybridized carbons (Fsp3) is 0.273. The normalized spacial score (nSPS) is 15.6. The number of aromatic nitrogens is 3. The molecule has 1 atom stereocenters. The summed E-state index contributed by atoms with van der Waals surface area (Å²) in [6.45, 7) is 2.41. The van der Waals surface area contributed by atoms with E-state index in [1.807, 2.05) is 30.5 Å². The second-order valence-corrected chi connectivity index (χ2v) is 10.4. The zero-order valence-electron chi connectivity index (χ0n) is 19.0. The predicted octanol–water partition coefficient (Wildman–Crippen LogP) is 3.76.